The molecular formula is C14H24N2. The summed E-state index contributed by atoms with van der Waals surface area (Å²) in [6.45, 7) is 8.76. The molecule has 0 spiro atoms. The van der Waals surface area contributed by atoms with Gasteiger partial charge in [0.2, 0.25) is 0 Å². The van der Waals surface area contributed by atoms with Crippen molar-refractivity contribution in [1.82, 2.24) is 5.32 Å². The van der Waals surface area contributed by atoms with Crippen LogP contribution in [0.3, 0.4) is 0 Å². The molecule has 0 saturated carbocycles. The Morgan fingerprint density at radius 2 is 1.81 bits per heavy atom. The summed E-state index contributed by atoms with van der Waals surface area (Å²) < 4.78 is 0. The molecule has 0 amide bonds. The zero-order chi connectivity index (χ0) is 12.0. The van der Waals surface area contributed by atoms with E-state index in [9.17, 15) is 0 Å². The van der Waals surface area contributed by atoms with E-state index in [1.54, 1.807) is 0 Å². The highest BCUT2D eigenvalue weighted by Crippen LogP contribution is 2.10. The summed E-state index contributed by atoms with van der Waals surface area (Å²) in [5, 5.41) is 3.57. The molecule has 0 radical (unpaired) electrons. The molecule has 16 heavy (non-hydrogen) atoms. The van der Waals surface area contributed by atoms with Crippen LogP contribution in [0.1, 0.15) is 27.2 Å². The topological polar surface area (TPSA) is 15.3 Å². The number of nitrogens with zero attached hydrogens (tertiary/aromatic N) is 1. The first kappa shape index (κ1) is 13.0. The first-order valence-corrected chi connectivity index (χ1v) is 6.06. The Bertz CT molecular complexity index is 293. The number of rotatable bonds is 6. The molecule has 0 bridgehead atoms. The van der Waals surface area contributed by atoms with Crippen LogP contribution in [0.25, 0.3) is 0 Å². The van der Waals surface area contributed by atoms with Crippen LogP contribution in [0.5, 0.6) is 0 Å². The largest absolute Gasteiger partial charge is 0.373 e. The second kappa shape index (κ2) is 5.90. The highest BCUT2D eigenvalue weighted by atomic mass is 15.1. The van der Waals surface area contributed by atoms with Gasteiger partial charge in [-0.3, -0.25) is 0 Å². The van der Waals surface area contributed by atoms with Crippen LogP contribution in [0, 0.1) is 0 Å². The predicted octanol–water partition coefficient (Wildman–Crippen LogP) is 2.90. The molecule has 1 N–H and O–H groups in total. The molecule has 2 heteroatoms. The lowest BCUT2D eigenvalue weighted by Gasteiger charge is -2.27. The molecule has 0 fully saturated rings. The average Bonchev–Trinajstić information content (AvgIpc) is 2.30. The van der Waals surface area contributed by atoms with Gasteiger partial charge in [-0.2, -0.15) is 0 Å². The summed E-state index contributed by atoms with van der Waals surface area (Å²) in [5.41, 5.74) is 1.52. The highest BCUT2D eigenvalue weighted by molar-refractivity contribution is 5.44. The first-order chi connectivity index (χ1) is 7.55. The lowest BCUT2D eigenvalue weighted by atomic mass is 10.0. The second-order valence-corrected chi connectivity index (χ2v) is 4.92. The fraction of sp³-hybridized carbons (Fsp3) is 0.571. The van der Waals surface area contributed by atoms with E-state index in [0.717, 1.165) is 19.5 Å². The van der Waals surface area contributed by atoms with Crippen molar-refractivity contribution in [2.24, 2.45) is 0 Å². The van der Waals surface area contributed by atoms with Crippen LogP contribution < -0.4 is 10.2 Å². The van der Waals surface area contributed by atoms with Gasteiger partial charge < -0.3 is 10.2 Å². The third-order valence-electron chi connectivity index (χ3n) is 3.13. The number of anilines is 1. The smallest absolute Gasteiger partial charge is 0.0364 e. The van der Waals surface area contributed by atoms with Crippen molar-refractivity contribution in [3.8, 4) is 0 Å². The van der Waals surface area contributed by atoms with E-state index in [4.69, 9.17) is 0 Å². The van der Waals surface area contributed by atoms with Gasteiger partial charge in [0, 0.05) is 31.4 Å². The summed E-state index contributed by atoms with van der Waals surface area (Å²) in [6, 6.07) is 10.5. The first-order valence-electron chi connectivity index (χ1n) is 6.06. The van der Waals surface area contributed by atoms with E-state index in [1.807, 2.05) is 0 Å². The van der Waals surface area contributed by atoms with E-state index in [2.05, 4.69) is 68.4 Å². The van der Waals surface area contributed by atoms with Crippen molar-refractivity contribution < 1.29 is 0 Å². The van der Waals surface area contributed by atoms with Crippen molar-refractivity contribution in [2.45, 2.75) is 32.7 Å². The van der Waals surface area contributed by atoms with Gasteiger partial charge >= 0.3 is 0 Å². The lowest BCUT2D eigenvalue weighted by molar-refractivity contribution is 0.381. The van der Waals surface area contributed by atoms with Crippen LogP contribution in [-0.4, -0.2) is 25.7 Å². The van der Waals surface area contributed by atoms with Gasteiger partial charge in [0.1, 0.15) is 0 Å². The lowest BCUT2D eigenvalue weighted by Crippen LogP contribution is -2.42. The summed E-state index contributed by atoms with van der Waals surface area (Å²) >= 11 is 0. The fourth-order valence-electron chi connectivity index (χ4n) is 1.50. The minimum absolute atomic E-state index is 0.248. The molecule has 0 aromatic heterocycles. The third-order valence-corrected chi connectivity index (χ3v) is 3.13. The Balaban J connectivity index is 2.34. The molecule has 0 aliphatic heterocycles. The van der Waals surface area contributed by atoms with Crippen molar-refractivity contribution in [3.63, 3.8) is 0 Å². The van der Waals surface area contributed by atoms with Crippen molar-refractivity contribution in [3.05, 3.63) is 30.3 Å². The zero-order valence-electron chi connectivity index (χ0n) is 11.0. The molecule has 0 saturated heterocycles. The Hall–Kier alpha value is -1.02. The molecule has 0 heterocycles. The zero-order valence-corrected chi connectivity index (χ0v) is 11.0. The van der Waals surface area contributed by atoms with E-state index < -0.39 is 0 Å². The second-order valence-electron chi connectivity index (χ2n) is 4.92. The Morgan fingerprint density at radius 1 is 1.19 bits per heavy atom. The summed E-state index contributed by atoms with van der Waals surface area (Å²) in [5.74, 6) is 0. The van der Waals surface area contributed by atoms with E-state index in [0.29, 0.717) is 0 Å². The summed E-state index contributed by atoms with van der Waals surface area (Å²) in [4.78, 5) is 2.28. The van der Waals surface area contributed by atoms with Gasteiger partial charge in [0.15, 0.2) is 0 Å². The van der Waals surface area contributed by atoms with Gasteiger partial charge in [-0.05, 0) is 32.4 Å². The van der Waals surface area contributed by atoms with Gasteiger partial charge in [0.25, 0.3) is 0 Å². The number of benzene rings is 1. The molecule has 2 nitrogen and oxygen atoms in total. The van der Waals surface area contributed by atoms with Crippen LogP contribution in [0.4, 0.5) is 5.69 Å². The fourth-order valence-corrected chi connectivity index (χ4v) is 1.50. The van der Waals surface area contributed by atoms with Gasteiger partial charge in [0.05, 0.1) is 0 Å². The Morgan fingerprint density at radius 3 is 2.38 bits per heavy atom. The van der Waals surface area contributed by atoms with Gasteiger partial charge in [-0.25, -0.2) is 0 Å². The maximum atomic E-state index is 3.57. The number of hydrogen-bond acceptors (Lipinski definition) is 2. The van der Waals surface area contributed by atoms with Crippen LogP contribution in [0.2, 0.25) is 0 Å². The minimum Gasteiger partial charge on any atom is -0.373 e. The Labute approximate surface area is 99.7 Å². The Kier molecular flexibility index (Phi) is 4.81. The molecule has 1 aromatic carbocycles. The molecule has 90 valence electrons. The quantitative estimate of drug-likeness (QED) is 0.793. The predicted molar refractivity (Wildman–Crippen MR) is 72.1 cm³/mol. The van der Waals surface area contributed by atoms with E-state index in [1.165, 1.54) is 5.69 Å². The third kappa shape index (κ3) is 4.23. The van der Waals surface area contributed by atoms with E-state index in [-0.39, 0.29) is 5.54 Å². The molecule has 1 aromatic rings. The van der Waals surface area contributed by atoms with Crippen molar-refractivity contribution in [1.29, 1.82) is 0 Å². The van der Waals surface area contributed by atoms with Gasteiger partial charge in [-0.15, -0.1) is 0 Å². The molecule has 1 rings (SSSR count). The number of likely N-dealkylation sites (N-methyl/N-ethyl adjacent to an activating group) is 1. The van der Waals surface area contributed by atoms with Crippen molar-refractivity contribution >= 4 is 5.69 Å². The molecule has 0 atom stereocenters. The average molecular weight is 220 g/mol. The number of para-hydroxylation sites is 1. The molecular weight excluding hydrogens is 196 g/mol. The van der Waals surface area contributed by atoms with Crippen molar-refractivity contribution in [2.75, 3.05) is 25.0 Å². The number of hydrogen-bond donors (Lipinski definition) is 1. The van der Waals surface area contributed by atoms with Crippen LogP contribution in [-0.2, 0) is 0 Å². The van der Waals surface area contributed by atoms with Crippen LogP contribution in [0.15, 0.2) is 30.3 Å². The monoisotopic (exact) mass is 220 g/mol. The highest BCUT2D eigenvalue weighted by Gasteiger charge is 2.13. The van der Waals surface area contributed by atoms with E-state index >= 15 is 0 Å². The van der Waals surface area contributed by atoms with Gasteiger partial charge in [-0.1, -0.05) is 25.1 Å². The minimum atomic E-state index is 0.248. The molecule has 0 aliphatic carbocycles. The standard InChI is InChI=1S/C14H24N2/c1-5-14(2,3)15-11-12-16(4)13-9-7-6-8-10-13/h6-10,15H,5,11-12H2,1-4H3. The normalized spacial score (nSPS) is 11.5. The molecule has 0 unspecified atom stereocenters. The summed E-state index contributed by atoms with van der Waals surface area (Å²) in [6.07, 6.45) is 1.15. The maximum absolute atomic E-state index is 3.57. The maximum Gasteiger partial charge on any atom is 0.0364 e. The SMILES string of the molecule is CCC(C)(C)NCCN(C)c1ccccc1. The number of nitrogens with one attached hydrogen (secondary N) is 1. The summed E-state index contributed by atoms with van der Waals surface area (Å²) in [7, 11) is 2.13. The molecule has 0 aliphatic rings. The van der Waals surface area contributed by atoms with Crippen LogP contribution >= 0.6 is 0 Å².